The Hall–Kier alpha value is -2.62. The highest BCUT2D eigenvalue weighted by Crippen LogP contribution is 2.30. The number of methoxy groups -OCH3 is 1. The predicted molar refractivity (Wildman–Crippen MR) is 69.0 cm³/mol. The number of ether oxygens (including phenoxy) is 1. The number of nitro groups is 1. The van der Waals surface area contributed by atoms with Gasteiger partial charge < -0.3 is 9.72 Å². The summed E-state index contributed by atoms with van der Waals surface area (Å²) >= 11 is 0. The Balaban J connectivity index is 2.42. The molecule has 0 atom stereocenters. The monoisotopic (exact) mass is 298 g/mol. The molecular formula is C10H10N4O5S. The first-order valence-electron chi connectivity index (χ1n) is 5.27. The highest BCUT2D eigenvalue weighted by molar-refractivity contribution is 7.92. The molecule has 2 N–H and O–H groups in total. The lowest BCUT2D eigenvalue weighted by Gasteiger charge is -2.10. The molecule has 0 spiro atoms. The summed E-state index contributed by atoms with van der Waals surface area (Å²) in [6.07, 6.45) is 2.32. The van der Waals surface area contributed by atoms with E-state index in [9.17, 15) is 18.5 Å². The Kier molecular flexibility index (Phi) is 3.57. The SMILES string of the molecule is COc1ccc([N+](=O)[O-])cc1NS(=O)(=O)c1cnc[nH]1. The van der Waals surface area contributed by atoms with E-state index in [1.165, 1.54) is 25.6 Å². The van der Waals surface area contributed by atoms with Gasteiger partial charge in [0.2, 0.25) is 0 Å². The minimum Gasteiger partial charge on any atom is -0.495 e. The molecule has 0 radical (unpaired) electrons. The van der Waals surface area contributed by atoms with Crippen LogP contribution in [0.4, 0.5) is 11.4 Å². The van der Waals surface area contributed by atoms with Crippen molar-refractivity contribution in [1.29, 1.82) is 0 Å². The van der Waals surface area contributed by atoms with Crippen molar-refractivity contribution >= 4 is 21.4 Å². The molecule has 9 nitrogen and oxygen atoms in total. The van der Waals surface area contributed by atoms with Crippen molar-refractivity contribution in [3.8, 4) is 5.75 Å². The van der Waals surface area contributed by atoms with Crippen molar-refractivity contribution in [3.05, 3.63) is 40.8 Å². The molecule has 1 aromatic heterocycles. The zero-order valence-electron chi connectivity index (χ0n) is 10.2. The average molecular weight is 298 g/mol. The number of imidazole rings is 1. The van der Waals surface area contributed by atoms with Crippen LogP contribution in [0, 0.1) is 10.1 Å². The lowest BCUT2D eigenvalue weighted by molar-refractivity contribution is -0.384. The minimum atomic E-state index is -3.92. The second-order valence-electron chi connectivity index (χ2n) is 3.66. The van der Waals surface area contributed by atoms with Gasteiger partial charge in [0, 0.05) is 12.1 Å². The quantitative estimate of drug-likeness (QED) is 0.629. The van der Waals surface area contributed by atoms with Crippen LogP contribution in [0.2, 0.25) is 0 Å². The third kappa shape index (κ3) is 2.69. The third-order valence-electron chi connectivity index (χ3n) is 2.40. The van der Waals surface area contributed by atoms with E-state index in [0.717, 1.165) is 12.3 Å². The number of nitrogens with zero attached hydrogens (tertiary/aromatic N) is 2. The number of anilines is 1. The summed E-state index contributed by atoms with van der Waals surface area (Å²) in [4.78, 5) is 16.1. The molecule has 0 saturated carbocycles. The average Bonchev–Trinajstić information content (AvgIpc) is 2.92. The first-order valence-corrected chi connectivity index (χ1v) is 6.76. The normalized spacial score (nSPS) is 11.1. The van der Waals surface area contributed by atoms with Gasteiger partial charge in [-0.2, -0.15) is 8.42 Å². The number of non-ortho nitro benzene ring substituents is 1. The van der Waals surface area contributed by atoms with Crippen molar-refractivity contribution in [3.63, 3.8) is 0 Å². The first kappa shape index (κ1) is 13.8. The highest BCUT2D eigenvalue weighted by Gasteiger charge is 2.20. The number of aromatic amines is 1. The summed E-state index contributed by atoms with van der Waals surface area (Å²) in [6, 6.07) is 3.60. The van der Waals surface area contributed by atoms with Gasteiger partial charge in [-0.05, 0) is 6.07 Å². The number of sulfonamides is 1. The number of hydrogen-bond acceptors (Lipinski definition) is 6. The van der Waals surface area contributed by atoms with Crippen molar-refractivity contribution in [2.24, 2.45) is 0 Å². The van der Waals surface area contributed by atoms with Crippen molar-refractivity contribution in [1.82, 2.24) is 9.97 Å². The molecule has 0 aliphatic rings. The van der Waals surface area contributed by atoms with Gasteiger partial charge in [0.25, 0.3) is 15.7 Å². The summed E-state index contributed by atoms with van der Waals surface area (Å²) in [5.41, 5.74) is -0.288. The largest absolute Gasteiger partial charge is 0.495 e. The number of aromatic nitrogens is 2. The van der Waals surface area contributed by atoms with Crippen molar-refractivity contribution in [2.45, 2.75) is 5.03 Å². The van der Waals surface area contributed by atoms with Gasteiger partial charge in [-0.15, -0.1) is 0 Å². The van der Waals surface area contributed by atoms with E-state index >= 15 is 0 Å². The van der Waals surface area contributed by atoms with E-state index in [1.54, 1.807) is 0 Å². The Bertz CT molecular complexity index is 726. The van der Waals surface area contributed by atoms with Gasteiger partial charge in [-0.1, -0.05) is 0 Å². The van der Waals surface area contributed by atoms with E-state index in [4.69, 9.17) is 4.74 Å². The standard InChI is InChI=1S/C10H10N4O5S/c1-19-9-3-2-7(14(15)16)4-8(9)13-20(17,18)10-5-11-6-12-10/h2-6,13H,1H3,(H,11,12). The van der Waals surface area contributed by atoms with Crippen LogP contribution in [-0.4, -0.2) is 30.4 Å². The zero-order valence-corrected chi connectivity index (χ0v) is 11.0. The second kappa shape index (κ2) is 5.17. The number of H-pyrrole nitrogens is 1. The lowest BCUT2D eigenvalue weighted by Crippen LogP contribution is -2.14. The highest BCUT2D eigenvalue weighted by atomic mass is 32.2. The van der Waals surface area contributed by atoms with Crippen LogP contribution >= 0.6 is 0 Å². The fourth-order valence-electron chi connectivity index (χ4n) is 1.48. The fraction of sp³-hybridized carbons (Fsp3) is 0.100. The molecule has 0 aliphatic carbocycles. The van der Waals surface area contributed by atoms with Gasteiger partial charge in [0.15, 0.2) is 5.03 Å². The number of benzene rings is 1. The predicted octanol–water partition coefficient (Wildman–Crippen LogP) is 1.13. The molecule has 0 amide bonds. The Morgan fingerprint density at radius 1 is 1.45 bits per heavy atom. The molecule has 1 aromatic carbocycles. The number of rotatable bonds is 5. The summed E-state index contributed by atoms with van der Waals surface area (Å²) in [7, 11) is -2.59. The van der Waals surface area contributed by atoms with Crippen LogP contribution in [0.1, 0.15) is 0 Å². The molecule has 10 heteroatoms. The van der Waals surface area contributed by atoms with Crippen LogP contribution < -0.4 is 9.46 Å². The maximum Gasteiger partial charge on any atom is 0.279 e. The molecular weight excluding hydrogens is 288 g/mol. The van der Waals surface area contributed by atoms with Crippen molar-refractivity contribution in [2.75, 3.05) is 11.8 Å². The van der Waals surface area contributed by atoms with Crippen LogP contribution in [0.25, 0.3) is 0 Å². The smallest absolute Gasteiger partial charge is 0.279 e. The van der Waals surface area contributed by atoms with Gasteiger partial charge >= 0.3 is 0 Å². The minimum absolute atomic E-state index is 0.0312. The Morgan fingerprint density at radius 3 is 2.75 bits per heavy atom. The fourth-order valence-corrected chi connectivity index (χ4v) is 2.45. The van der Waals surface area contributed by atoms with Crippen molar-refractivity contribution < 1.29 is 18.1 Å². The van der Waals surface area contributed by atoms with Crippen LogP contribution in [0.15, 0.2) is 35.7 Å². The molecule has 0 fully saturated rings. The number of nitro benzene ring substituents is 1. The van der Waals surface area contributed by atoms with E-state index in [2.05, 4.69) is 14.7 Å². The molecule has 1 heterocycles. The molecule has 106 valence electrons. The number of nitrogens with one attached hydrogen (secondary N) is 2. The van der Waals surface area contributed by atoms with E-state index in [-0.39, 0.29) is 22.2 Å². The van der Waals surface area contributed by atoms with Gasteiger partial charge in [-0.3, -0.25) is 14.8 Å². The molecule has 0 unspecified atom stereocenters. The van der Waals surface area contributed by atoms with Gasteiger partial charge in [0.1, 0.15) is 5.75 Å². The Labute approximate surface area is 113 Å². The summed E-state index contributed by atoms with van der Waals surface area (Å²) < 4.78 is 31.2. The molecule has 2 rings (SSSR count). The Morgan fingerprint density at radius 2 is 2.20 bits per heavy atom. The molecule has 2 aromatic rings. The molecule has 20 heavy (non-hydrogen) atoms. The topological polar surface area (TPSA) is 127 Å². The van der Waals surface area contributed by atoms with Gasteiger partial charge in [0.05, 0.1) is 30.2 Å². The maximum absolute atomic E-state index is 12.0. The second-order valence-corrected chi connectivity index (χ2v) is 5.31. The molecule has 0 bridgehead atoms. The first-order chi connectivity index (χ1) is 9.44. The van der Waals surface area contributed by atoms with Crippen LogP contribution in [0.3, 0.4) is 0 Å². The maximum atomic E-state index is 12.0. The summed E-state index contributed by atoms with van der Waals surface area (Å²) in [6.45, 7) is 0. The third-order valence-corrected chi connectivity index (χ3v) is 3.69. The van der Waals surface area contributed by atoms with E-state index < -0.39 is 14.9 Å². The zero-order chi connectivity index (χ0) is 14.8. The van der Waals surface area contributed by atoms with E-state index in [0.29, 0.717) is 0 Å². The van der Waals surface area contributed by atoms with E-state index in [1.807, 2.05) is 0 Å². The van der Waals surface area contributed by atoms with Crippen LogP contribution in [-0.2, 0) is 10.0 Å². The molecule has 0 saturated heterocycles. The van der Waals surface area contributed by atoms with Crippen LogP contribution in [0.5, 0.6) is 5.75 Å². The van der Waals surface area contributed by atoms with Gasteiger partial charge in [-0.25, -0.2) is 4.98 Å². The summed E-state index contributed by atoms with van der Waals surface area (Å²) in [5.74, 6) is 0.165. The number of hydrogen-bond donors (Lipinski definition) is 2. The molecule has 0 aliphatic heterocycles. The summed E-state index contributed by atoms with van der Waals surface area (Å²) in [5, 5.41) is 10.6. The lowest BCUT2D eigenvalue weighted by atomic mass is 10.2.